The van der Waals surface area contributed by atoms with Crippen LogP contribution >= 0.6 is 0 Å². The standard InChI is InChI=1S/C10H11N4O3/c1-17-5-4-9-6-8(7-12-13-11)2-3-10(9)14(15)16/h2-3,6H,1,4-5,7H2. The van der Waals surface area contributed by atoms with Crippen molar-refractivity contribution in [2.24, 2.45) is 5.11 Å². The number of hydrogen-bond acceptors (Lipinski definition) is 4. The fraction of sp³-hybridized carbons (Fsp3) is 0.300. The summed E-state index contributed by atoms with van der Waals surface area (Å²) in [6.07, 6.45) is 0.393. The molecule has 1 rings (SSSR count). The van der Waals surface area contributed by atoms with Crippen LogP contribution in [0, 0.1) is 17.2 Å². The highest BCUT2D eigenvalue weighted by Crippen LogP contribution is 2.21. The molecule has 0 spiro atoms. The molecular formula is C10H11N4O3. The van der Waals surface area contributed by atoms with Crippen molar-refractivity contribution < 1.29 is 9.66 Å². The molecule has 0 N–H and O–H groups in total. The molecule has 0 amide bonds. The van der Waals surface area contributed by atoms with Gasteiger partial charge in [0.2, 0.25) is 0 Å². The Labute approximate surface area is 97.8 Å². The fourth-order valence-corrected chi connectivity index (χ4v) is 1.41. The van der Waals surface area contributed by atoms with Gasteiger partial charge in [-0.15, -0.1) is 0 Å². The monoisotopic (exact) mass is 235 g/mol. The molecular weight excluding hydrogens is 224 g/mol. The van der Waals surface area contributed by atoms with Gasteiger partial charge in [-0.3, -0.25) is 10.1 Å². The van der Waals surface area contributed by atoms with E-state index >= 15 is 0 Å². The highest BCUT2D eigenvalue weighted by molar-refractivity contribution is 5.43. The second-order valence-corrected chi connectivity index (χ2v) is 3.27. The average molecular weight is 235 g/mol. The first-order valence-electron chi connectivity index (χ1n) is 4.83. The molecule has 0 saturated carbocycles. The zero-order valence-corrected chi connectivity index (χ0v) is 9.07. The van der Waals surface area contributed by atoms with Crippen molar-refractivity contribution in [2.45, 2.75) is 13.0 Å². The summed E-state index contributed by atoms with van der Waals surface area (Å²) in [5.74, 6) is 0. The summed E-state index contributed by atoms with van der Waals surface area (Å²) < 4.78 is 4.65. The Bertz CT molecular complexity index is 455. The van der Waals surface area contributed by atoms with E-state index in [0.717, 1.165) is 5.56 Å². The van der Waals surface area contributed by atoms with Gasteiger partial charge in [-0.1, -0.05) is 11.2 Å². The van der Waals surface area contributed by atoms with Crippen LogP contribution in [0.5, 0.6) is 0 Å². The summed E-state index contributed by atoms with van der Waals surface area (Å²) in [6, 6.07) is 4.62. The number of nitro groups is 1. The van der Waals surface area contributed by atoms with Gasteiger partial charge in [-0.05, 0) is 17.2 Å². The van der Waals surface area contributed by atoms with E-state index in [1.54, 1.807) is 12.1 Å². The molecule has 7 heteroatoms. The Morgan fingerprint density at radius 2 is 2.35 bits per heavy atom. The van der Waals surface area contributed by atoms with Crippen molar-refractivity contribution in [1.82, 2.24) is 0 Å². The number of nitro benzene ring substituents is 1. The van der Waals surface area contributed by atoms with Crippen molar-refractivity contribution in [2.75, 3.05) is 6.61 Å². The lowest BCUT2D eigenvalue weighted by Gasteiger charge is -2.04. The van der Waals surface area contributed by atoms with Crippen molar-refractivity contribution in [1.29, 1.82) is 0 Å². The third-order valence-corrected chi connectivity index (χ3v) is 2.17. The van der Waals surface area contributed by atoms with Crippen LogP contribution in [-0.2, 0) is 17.7 Å². The lowest BCUT2D eigenvalue weighted by molar-refractivity contribution is -0.385. The maximum absolute atomic E-state index is 10.8. The Morgan fingerprint density at radius 3 is 2.94 bits per heavy atom. The highest BCUT2D eigenvalue weighted by atomic mass is 16.6. The predicted molar refractivity (Wildman–Crippen MR) is 61.0 cm³/mol. The van der Waals surface area contributed by atoms with E-state index in [4.69, 9.17) is 5.53 Å². The number of hydrogen-bond donors (Lipinski definition) is 0. The van der Waals surface area contributed by atoms with Crippen LogP contribution in [0.4, 0.5) is 5.69 Å². The zero-order valence-electron chi connectivity index (χ0n) is 9.07. The predicted octanol–water partition coefficient (Wildman–Crippen LogP) is 2.76. The lowest BCUT2D eigenvalue weighted by Crippen LogP contribution is -2.00. The fourth-order valence-electron chi connectivity index (χ4n) is 1.41. The molecule has 89 valence electrons. The van der Waals surface area contributed by atoms with E-state index in [1.165, 1.54) is 6.07 Å². The van der Waals surface area contributed by atoms with Crippen LogP contribution in [0.15, 0.2) is 23.3 Å². The smallest absolute Gasteiger partial charge is 0.272 e. The van der Waals surface area contributed by atoms with Crippen LogP contribution < -0.4 is 0 Å². The van der Waals surface area contributed by atoms with Crippen LogP contribution in [0.2, 0.25) is 0 Å². The SMILES string of the molecule is [CH2]OCCc1cc(CN=[N+]=[N-])ccc1[N+](=O)[O-]. The van der Waals surface area contributed by atoms with Gasteiger partial charge in [0.25, 0.3) is 5.69 Å². The molecule has 0 fully saturated rings. The molecule has 17 heavy (non-hydrogen) atoms. The Kier molecular flexibility index (Phi) is 4.93. The molecule has 1 radical (unpaired) electrons. The van der Waals surface area contributed by atoms with Gasteiger partial charge in [-0.2, -0.15) is 0 Å². The van der Waals surface area contributed by atoms with Gasteiger partial charge in [0, 0.05) is 23.0 Å². The summed E-state index contributed by atoms with van der Waals surface area (Å²) in [4.78, 5) is 13.0. The van der Waals surface area contributed by atoms with Gasteiger partial charge < -0.3 is 4.74 Å². The molecule has 0 aliphatic rings. The number of ether oxygens (including phenoxy) is 1. The Morgan fingerprint density at radius 1 is 1.59 bits per heavy atom. The zero-order chi connectivity index (χ0) is 12.7. The topological polar surface area (TPSA) is 101 Å². The van der Waals surface area contributed by atoms with Crippen LogP contribution in [0.1, 0.15) is 11.1 Å². The molecule has 0 unspecified atom stereocenters. The van der Waals surface area contributed by atoms with Crippen molar-refractivity contribution in [3.05, 3.63) is 57.0 Å². The van der Waals surface area contributed by atoms with E-state index < -0.39 is 4.92 Å². The molecule has 7 nitrogen and oxygen atoms in total. The normalized spacial score (nSPS) is 9.71. The summed E-state index contributed by atoms with van der Waals surface area (Å²) in [7, 11) is 3.21. The summed E-state index contributed by atoms with van der Waals surface area (Å²) >= 11 is 0. The Hall–Kier alpha value is -2.11. The minimum absolute atomic E-state index is 0.0340. The van der Waals surface area contributed by atoms with Gasteiger partial charge in [0.05, 0.1) is 25.2 Å². The quantitative estimate of drug-likeness (QED) is 0.249. The molecule has 0 aromatic heterocycles. The second-order valence-electron chi connectivity index (χ2n) is 3.27. The summed E-state index contributed by atoms with van der Waals surface area (Å²) in [6.45, 7) is 0.471. The number of azide groups is 1. The van der Waals surface area contributed by atoms with E-state index in [1.807, 2.05) is 0 Å². The van der Waals surface area contributed by atoms with E-state index in [9.17, 15) is 10.1 Å². The molecule has 0 aliphatic heterocycles. The van der Waals surface area contributed by atoms with E-state index in [2.05, 4.69) is 21.9 Å². The molecule has 0 saturated heterocycles. The van der Waals surface area contributed by atoms with Crippen LogP contribution in [0.3, 0.4) is 0 Å². The van der Waals surface area contributed by atoms with Crippen LogP contribution in [0.25, 0.3) is 10.4 Å². The van der Waals surface area contributed by atoms with E-state index in [0.29, 0.717) is 18.6 Å². The van der Waals surface area contributed by atoms with E-state index in [-0.39, 0.29) is 12.2 Å². The summed E-state index contributed by atoms with van der Waals surface area (Å²) in [5, 5.41) is 14.2. The largest absolute Gasteiger partial charge is 0.379 e. The van der Waals surface area contributed by atoms with Crippen molar-refractivity contribution >= 4 is 5.69 Å². The number of nitrogens with zero attached hydrogens (tertiary/aromatic N) is 4. The van der Waals surface area contributed by atoms with Gasteiger partial charge >= 0.3 is 0 Å². The third-order valence-electron chi connectivity index (χ3n) is 2.17. The molecule has 1 aromatic carbocycles. The molecule has 0 bridgehead atoms. The minimum Gasteiger partial charge on any atom is -0.379 e. The van der Waals surface area contributed by atoms with Crippen molar-refractivity contribution in [3.63, 3.8) is 0 Å². The first-order chi connectivity index (χ1) is 8.19. The molecule has 1 aromatic rings. The molecule has 0 aliphatic carbocycles. The minimum atomic E-state index is -0.449. The van der Waals surface area contributed by atoms with Gasteiger partial charge in [0.15, 0.2) is 0 Å². The van der Waals surface area contributed by atoms with Crippen molar-refractivity contribution in [3.8, 4) is 0 Å². The first-order valence-corrected chi connectivity index (χ1v) is 4.83. The Balaban J connectivity index is 3.00. The summed E-state index contributed by atoms with van der Waals surface area (Å²) in [5.41, 5.74) is 9.51. The lowest BCUT2D eigenvalue weighted by atomic mass is 10.1. The maximum atomic E-state index is 10.8. The second kappa shape index (κ2) is 6.47. The van der Waals surface area contributed by atoms with Gasteiger partial charge in [0.1, 0.15) is 0 Å². The number of benzene rings is 1. The van der Waals surface area contributed by atoms with Gasteiger partial charge in [-0.25, -0.2) is 0 Å². The number of rotatable bonds is 6. The maximum Gasteiger partial charge on any atom is 0.272 e. The highest BCUT2D eigenvalue weighted by Gasteiger charge is 2.13. The third kappa shape index (κ3) is 3.75. The molecule has 0 heterocycles. The average Bonchev–Trinajstić information content (AvgIpc) is 2.33. The first kappa shape index (κ1) is 13.0. The van der Waals surface area contributed by atoms with Crippen LogP contribution in [-0.4, -0.2) is 11.5 Å². The molecule has 0 atom stereocenters.